The summed E-state index contributed by atoms with van der Waals surface area (Å²) in [4.78, 5) is 137. The average molecular weight is 2180 g/mol. The summed E-state index contributed by atoms with van der Waals surface area (Å²) in [5.74, 6) is -1.31. The van der Waals surface area contributed by atoms with Crippen LogP contribution in [0.1, 0.15) is 139 Å². The van der Waals surface area contributed by atoms with Gasteiger partial charge in [-0.15, -0.1) is 0 Å². The SMILES string of the molecule is CC(C)(C)[Si](C)(C)OC1[C@H]2COP(O)(=S)O[C@H]3C(O[Si](C)(C)C(C)(C)C)[C@@H](COP(=O)(S)O[C@@H]1[C@H](n1cnc4c(N)ncnc41)O2)O[C@H]3n1cnc2c(=O)[nH]c(N)nc21.CC(C)C(=O)Nc1nc2c(ncn2[C@@H]2O[C@@H]3COP(O)(=S)O[C@H]4C(O[Si](C)(C)C(C)(C)C)[C@@H](COP(O)(=S)O[C@H]2C3O[Si](C)(C)C(C)(C)C)O[C@H]4n2cnc3c(NC(=O)c4ccccc4)ncnc32)c(=O)[nH]1.CCO.CN.[B][B]B([B])[B]. The lowest BCUT2D eigenvalue weighted by atomic mass is 8.97. The summed E-state index contributed by atoms with van der Waals surface area (Å²) >= 11 is 21.9. The van der Waals surface area contributed by atoms with E-state index in [-0.39, 0.29) is 90.4 Å². The van der Waals surface area contributed by atoms with Crippen LogP contribution in [0.25, 0.3) is 44.7 Å². The number of nitrogens with two attached hydrogens (primary N) is 3. The van der Waals surface area contributed by atoms with Crippen molar-refractivity contribution < 1.29 is 107 Å². The predicted octanol–water partition coefficient (Wildman–Crippen LogP) is 9.07. The average Bonchev–Trinajstić information content (AvgIpc) is 1.60. The molecule has 14 N–H and O–H groups in total. The maximum absolute atomic E-state index is 14.6. The van der Waals surface area contributed by atoms with Gasteiger partial charge in [-0.25, -0.2) is 44.4 Å². The number of ether oxygens (including phenoxy) is 4. The van der Waals surface area contributed by atoms with Crippen LogP contribution in [0.4, 0.5) is 23.5 Å². The third kappa shape index (κ3) is 26.8. The molecule has 6 saturated heterocycles. The third-order valence-corrected chi connectivity index (χ3v) is 49.9. The molecular weight excluding hydrogens is 2050 g/mol. The zero-order chi connectivity index (χ0) is 105. The number of aromatic nitrogens is 16. The maximum atomic E-state index is 14.6. The van der Waals surface area contributed by atoms with Crippen LogP contribution in [-0.4, -0.2) is 293 Å². The van der Waals surface area contributed by atoms with Gasteiger partial charge in [-0.1, -0.05) is 127 Å². The van der Waals surface area contributed by atoms with Crippen molar-refractivity contribution in [2.45, 2.75) is 275 Å². The Morgan fingerprint density at radius 2 is 0.865 bits per heavy atom. The molecule has 15 rings (SSSR count). The summed E-state index contributed by atoms with van der Waals surface area (Å²) in [5.41, 5.74) is 16.7. The zero-order valence-corrected chi connectivity index (χ0v) is 93.8. The fourth-order valence-electron chi connectivity index (χ4n) is 14.3. The normalized spacial score (nSPS) is 28.9. The number of nitrogens with one attached hydrogen (secondary N) is 4. The monoisotopic (exact) mass is 2170 g/mol. The molecule has 46 nitrogen and oxygen atoms in total. The number of aromatic amines is 2. The molecule has 2 amide bonds. The van der Waals surface area contributed by atoms with E-state index in [1.165, 1.54) is 61.2 Å². The first kappa shape index (κ1) is 116. The number of nitrogen functional groups attached to an aromatic ring is 2. The molecule has 141 heavy (non-hydrogen) atoms. The van der Waals surface area contributed by atoms with Crippen molar-refractivity contribution >= 4 is 225 Å². The molecule has 6 fully saturated rings. The van der Waals surface area contributed by atoms with Crippen LogP contribution in [0.5, 0.6) is 0 Å². The number of benzene rings is 1. The number of anilines is 4. The second-order valence-electron chi connectivity index (χ2n) is 40.2. The van der Waals surface area contributed by atoms with Gasteiger partial charge in [0.1, 0.15) is 91.4 Å². The minimum atomic E-state index is -4.37. The number of imidazole rings is 4. The molecule has 767 valence electrons. The molecule has 0 aliphatic carbocycles. The standard InChI is InChI=1S/C43H62N10O13P2S2Si2.C32H52N10O11P2S2Si2.C2H6O.CH5N.B5/c1-23(2)36(54)50-41-49-35-28(38(56)51-41)47-22-53(35)40-32-30(66-72(11,12)43(6,7)8)26(62-40)19-60-67(57,69)63-31-29(65-71(9,10)42(3,4)5)25(18-59-68(58,70)64-32)61-39(31)52-21-46-27-33(44-20-45-34(27)52)48-37(55)24-16-14-13-15-17-24;1-31(2,3)58(7,8)52-20-16-11-46-55(45,57)51-23-21(53-59(9,10)32(4,5)6)17(49-29(23)42-15-38-19-26(42)39-30(34)40-27(19)43)12-47-54(44,56)50-22(20)28(48-16)41-14-37-18-24(33)35-13-36-25(18)41;1-2-3;1-2;1-4-5(2)3/h13-17,20-23,25-26,29-32,39-40H,18-19H2,1-12H3,(H,57,69)(H,58,70)(H,44,45,48,55)(H2,49,50,51,54,56);13-17,20-23,28-29H,11-12H2,1-10H3,(H,44,56)(H,45,57)(H2,33,35,36)(H3,34,39,40,43);3H,2H2,1H3;2H2,1H3;/t25-,26-,29?,30?,31+,32+,39-,40-,67?,68?;16-,17-,20?,21?,22+,23+,28-,29-,54?,55?;;;/m11.../s1. The van der Waals surface area contributed by atoms with Crippen molar-refractivity contribution in [1.82, 2.24) is 78.1 Å². The van der Waals surface area contributed by atoms with Gasteiger partial charge in [-0.05, 0) is 134 Å². The fourth-order valence-corrected chi connectivity index (χ4v) is 25.2. The van der Waals surface area contributed by atoms with E-state index in [9.17, 15) is 38.4 Å². The Balaban J connectivity index is 0.000000250. The Labute approximate surface area is 846 Å². The van der Waals surface area contributed by atoms with Crippen LogP contribution in [0, 0.1) is 5.92 Å². The van der Waals surface area contributed by atoms with Crippen molar-refractivity contribution in [3.05, 3.63) is 94.6 Å². The van der Waals surface area contributed by atoms with Gasteiger partial charge < -0.3 is 92.5 Å². The van der Waals surface area contributed by atoms with Crippen molar-refractivity contribution in [1.29, 1.82) is 0 Å². The quantitative estimate of drug-likeness (QED) is 0.0229. The molecule has 8 aromatic heterocycles. The van der Waals surface area contributed by atoms with Crippen LogP contribution < -0.4 is 39.0 Å². The van der Waals surface area contributed by atoms with Gasteiger partial charge in [0.2, 0.25) is 17.8 Å². The van der Waals surface area contributed by atoms with Gasteiger partial charge in [-0.2, -0.15) is 9.97 Å². The maximum Gasteiger partial charge on any atom is 0.386 e. The zero-order valence-electron chi connectivity index (χ0n) is 82.9. The van der Waals surface area contributed by atoms with Crippen LogP contribution in [0.15, 0.2) is 77.9 Å². The van der Waals surface area contributed by atoms with E-state index in [0.29, 0.717) is 16.7 Å². The number of carbonyl (C=O) groups is 2. The number of carbonyl (C=O) groups excluding carboxylic acids is 2. The number of thiol groups is 1. The van der Waals surface area contributed by atoms with E-state index in [0.717, 1.165) is 0 Å². The summed E-state index contributed by atoms with van der Waals surface area (Å²) in [6, 6.07) is 8.61. The van der Waals surface area contributed by atoms with E-state index in [4.69, 9.17) is 148 Å². The summed E-state index contributed by atoms with van der Waals surface area (Å²) in [6.07, 6.45) is -10.6. The molecule has 6 aliphatic rings. The Kier molecular flexibility index (Phi) is 37.0. The van der Waals surface area contributed by atoms with Crippen LogP contribution in [0.2, 0.25) is 72.5 Å². The van der Waals surface area contributed by atoms with Gasteiger partial charge in [0.05, 0.1) is 51.7 Å². The van der Waals surface area contributed by atoms with E-state index >= 15 is 0 Å². The molecule has 8 unspecified atom stereocenters. The minimum absolute atomic E-state index is 0.00454. The van der Waals surface area contributed by atoms with E-state index < -0.39 is 213 Å². The summed E-state index contributed by atoms with van der Waals surface area (Å²) < 4.78 is 126. The summed E-state index contributed by atoms with van der Waals surface area (Å²) in [7, 11) is 6.39. The molecule has 63 heteroatoms. The molecule has 1 aromatic carbocycles. The number of rotatable bonds is 17. The summed E-state index contributed by atoms with van der Waals surface area (Å²) in [5, 5.41) is 11.7. The highest BCUT2D eigenvalue weighted by Crippen LogP contribution is 2.62. The van der Waals surface area contributed by atoms with Gasteiger partial charge >= 0.3 is 27.0 Å². The fraction of sp³-hybridized carbons (Fsp3) is 0.641. The number of hydrogen-bond donors (Lipinski definition) is 12. The van der Waals surface area contributed by atoms with Crippen molar-refractivity contribution in [3.63, 3.8) is 0 Å². The smallest absolute Gasteiger partial charge is 0.386 e. The molecule has 0 spiro atoms. The number of aliphatic hydroxyl groups is 1. The molecule has 8 bridgehead atoms. The largest absolute Gasteiger partial charge is 0.408 e. The number of amides is 2. The van der Waals surface area contributed by atoms with Gasteiger partial charge in [0.25, 0.3) is 17.0 Å². The second-order valence-corrected chi connectivity index (χ2v) is 70.4. The topological polar surface area (TPSA) is 596 Å². The first-order valence-electron chi connectivity index (χ1n) is 45.0. The lowest BCUT2D eigenvalue weighted by Gasteiger charge is -2.41. The van der Waals surface area contributed by atoms with Crippen molar-refractivity contribution in [2.24, 2.45) is 11.7 Å². The van der Waals surface area contributed by atoms with Crippen molar-refractivity contribution in [3.8, 4) is 0 Å². The lowest BCUT2D eigenvalue weighted by Crippen LogP contribution is -2.51. The number of aliphatic hydroxyl groups excluding tert-OH is 1. The molecule has 6 aliphatic heterocycles. The number of fused-ring (bicyclic) bond motifs is 12. The molecule has 14 heterocycles. The van der Waals surface area contributed by atoms with Gasteiger partial charge in [-0.3, -0.25) is 75.4 Å². The molecule has 9 aromatic rings. The lowest BCUT2D eigenvalue weighted by molar-refractivity contribution is -0.119. The first-order chi connectivity index (χ1) is 65.3. The highest BCUT2D eigenvalue weighted by atomic mass is 32.7. The van der Waals surface area contributed by atoms with Gasteiger partial charge in [0.15, 0.2) is 109 Å². The van der Waals surface area contributed by atoms with Crippen LogP contribution >= 0.6 is 39.2 Å². The highest BCUT2D eigenvalue weighted by Gasteiger charge is 2.61. The number of H-pyrrole nitrogens is 2. The van der Waals surface area contributed by atoms with E-state index in [1.807, 2.05) is 73.1 Å². The Morgan fingerprint density at radius 3 is 1.23 bits per heavy atom. The third-order valence-electron chi connectivity index (χ3n) is 25.7. The Bertz CT molecular complexity index is 6250. The van der Waals surface area contributed by atoms with E-state index in [1.54, 1.807) is 60.2 Å². The minimum Gasteiger partial charge on any atom is -0.408 e. The van der Waals surface area contributed by atoms with Gasteiger partial charge in [0, 0.05) is 54.7 Å². The van der Waals surface area contributed by atoms with E-state index in [2.05, 4.69) is 151 Å². The second kappa shape index (κ2) is 45.1. The molecule has 7 radical (unpaired) electrons. The number of nitrogens with zero attached hydrogens (tertiary/aromatic N) is 14. The van der Waals surface area contributed by atoms with Crippen LogP contribution in [-0.2, 0) is 118 Å². The molecular formula is C78H125B5N21O25P4S4Si4. The van der Waals surface area contributed by atoms with Crippen LogP contribution in [0.3, 0.4) is 0 Å². The number of hydrogen-bond acceptors (Lipinski definition) is 38. The highest BCUT2D eigenvalue weighted by molar-refractivity contribution is 8.44. The molecule has 0 saturated carbocycles. The molecule has 20 atom stereocenters. The first-order valence-corrected chi connectivity index (χ1v) is 67.1. The predicted molar refractivity (Wildman–Crippen MR) is 559 cm³/mol. The van der Waals surface area contributed by atoms with Crippen molar-refractivity contribution in [2.75, 3.05) is 62.2 Å². The summed E-state index contributed by atoms with van der Waals surface area (Å²) in [6.45, 7) is 27.1. The Hall–Kier alpha value is -5.56. The Morgan fingerprint density at radius 1 is 0.539 bits per heavy atom.